The molecule has 0 saturated carbocycles. The summed E-state index contributed by atoms with van der Waals surface area (Å²) >= 11 is 0. The number of nitrogens with zero attached hydrogens (tertiary/aromatic N) is 6. The van der Waals surface area contributed by atoms with Crippen LogP contribution >= 0.6 is 0 Å². The molecule has 1 aliphatic heterocycles. The number of halogens is 1. The van der Waals surface area contributed by atoms with E-state index in [0.717, 1.165) is 29.8 Å². The molecule has 136 valence electrons. The van der Waals surface area contributed by atoms with Crippen molar-refractivity contribution >= 4 is 0 Å². The zero-order valence-electron chi connectivity index (χ0n) is 14.9. The summed E-state index contributed by atoms with van der Waals surface area (Å²) in [5.41, 5.74) is 1.21. The lowest BCUT2D eigenvalue weighted by molar-refractivity contribution is 0.0123. The summed E-state index contributed by atoms with van der Waals surface area (Å²) in [6.07, 6.45) is 6.40. The zero-order valence-corrected chi connectivity index (χ0v) is 14.9. The SMILES string of the molecule is Cc1nn(C)cc1CN1CCC[C@@](F)(c2nc(-c3ccncc3)no2)C1. The number of pyridine rings is 1. The van der Waals surface area contributed by atoms with E-state index in [1.165, 1.54) is 0 Å². The van der Waals surface area contributed by atoms with Crippen molar-refractivity contribution in [2.24, 2.45) is 7.05 Å². The van der Waals surface area contributed by atoms with Gasteiger partial charge in [0.25, 0.3) is 5.89 Å². The van der Waals surface area contributed by atoms with Gasteiger partial charge in [0.2, 0.25) is 11.5 Å². The number of hydrogen-bond acceptors (Lipinski definition) is 6. The van der Waals surface area contributed by atoms with Crippen LogP contribution in [-0.4, -0.2) is 42.9 Å². The molecule has 3 aromatic heterocycles. The molecule has 1 fully saturated rings. The Hall–Kier alpha value is -2.61. The van der Waals surface area contributed by atoms with Gasteiger partial charge in [-0.3, -0.25) is 14.6 Å². The average molecular weight is 356 g/mol. The zero-order chi connectivity index (χ0) is 18.1. The van der Waals surface area contributed by atoms with E-state index in [-0.39, 0.29) is 12.4 Å². The van der Waals surface area contributed by atoms with E-state index >= 15 is 4.39 Å². The fraction of sp³-hybridized carbons (Fsp3) is 0.444. The van der Waals surface area contributed by atoms with Gasteiger partial charge in [-0.05, 0) is 38.4 Å². The van der Waals surface area contributed by atoms with E-state index < -0.39 is 5.67 Å². The first kappa shape index (κ1) is 16.8. The summed E-state index contributed by atoms with van der Waals surface area (Å²) in [6.45, 7) is 3.71. The first-order valence-electron chi connectivity index (χ1n) is 8.68. The van der Waals surface area contributed by atoms with Gasteiger partial charge in [0.1, 0.15) is 0 Å². The van der Waals surface area contributed by atoms with Gasteiger partial charge in [-0.1, -0.05) is 5.16 Å². The summed E-state index contributed by atoms with van der Waals surface area (Å²) in [7, 11) is 1.89. The average Bonchev–Trinajstić information content (AvgIpc) is 3.23. The summed E-state index contributed by atoms with van der Waals surface area (Å²) in [5, 5.41) is 8.31. The molecule has 4 rings (SSSR count). The molecule has 0 unspecified atom stereocenters. The lowest BCUT2D eigenvalue weighted by Gasteiger charge is -2.34. The highest BCUT2D eigenvalue weighted by atomic mass is 19.1. The molecular formula is C18H21FN6O. The quantitative estimate of drug-likeness (QED) is 0.715. The van der Waals surface area contributed by atoms with Gasteiger partial charge in [0.05, 0.1) is 5.69 Å². The van der Waals surface area contributed by atoms with E-state index in [1.807, 2.05) is 20.2 Å². The molecule has 0 radical (unpaired) electrons. The second kappa shape index (κ2) is 6.60. The van der Waals surface area contributed by atoms with E-state index in [1.54, 1.807) is 29.2 Å². The van der Waals surface area contributed by atoms with Crippen LogP contribution in [0.15, 0.2) is 35.2 Å². The maximum atomic E-state index is 15.6. The predicted molar refractivity (Wildman–Crippen MR) is 92.8 cm³/mol. The van der Waals surface area contributed by atoms with Crippen LogP contribution in [0, 0.1) is 6.92 Å². The maximum absolute atomic E-state index is 15.6. The first-order valence-corrected chi connectivity index (χ1v) is 8.68. The number of aromatic nitrogens is 5. The Balaban J connectivity index is 1.52. The first-order chi connectivity index (χ1) is 12.5. The molecule has 0 spiro atoms. The smallest absolute Gasteiger partial charge is 0.265 e. The highest BCUT2D eigenvalue weighted by molar-refractivity contribution is 5.52. The van der Waals surface area contributed by atoms with Crippen LogP contribution in [0.1, 0.15) is 30.0 Å². The minimum atomic E-state index is -1.63. The summed E-state index contributed by atoms with van der Waals surface area (Å²) < 4.78 is 22.7. The largest absolute Gasteiger partial charge is 0.335 e. The highest BCUT2D eigenvalue weighted by Gasteiger charge is 2.42. The lowest BCUT2D eigenvalue weighted by atomic mass is 9.94. The Morgan fingerprint density at radius 1 is 1.31 bits per heavy atom. The number of alkyl halides is 1. The van der Waals surface area contributed by atoms with Gasteiger partial charge in [0, 0.05) is 49.9 Å². The fourth-order valence-electron chi connectivity index (χ4n) is 3.47. The van der Waals surface area contributed by atoms with Crippen molar-refractivity contribution in [1.82, 2.24) is 29.8 Å². The van der Waals surface area contributed by atoms with Crippen LogP contribution in [0.4, 0.5) is 4.39 Å². The molecule has 0 amide bonds. The molecule has 1 atom stereocenters. The minimum Gasteiger partial charge on any atom is -0.335 e. The van der Waals surface area contributed by atoms with Crippen molar-refractivity contribution in [2.45, 2.75) is 32.0 Å². The Labute approximate surface area is 150 Å². The van der Waals surface area contributed by atoms with Gasteiger partial charge in [-0.25, -0.2) is 4.39 Å². The maximum Gasteiger partial charge on any atom is 0.265 e. The number of piperidine rings is 1. The predicted octanol–water partition coefficient (Wildman–Crippen LogP) is 2.63. The third-order valence-electron chi connectivity index (χ3n) is 4.78. The van der Waals surface area contributed by atoms with Crippen molar-refractivity contribution in [3.05, 3.63) is 47.9 Å². The van der Waals surface area contributed by atoms with Gasteiger partial charge < -0.3 is 4.52 Å². The lowest BCUT2D eigenvalue weighted by Crippen LogP contribution is -2.43. The molecule has 26 heavy (non-hydrogen) atoms. The van der Waals surface area contributed by atoms with Crippen molar-refractivity contribution < 1.29 is 8.91 Å². The third kappa shape index (κ3) is 3.24. The summed E-state index contributed by atoms with van der Waals surface area (Å²) in [4.78, 5) is 10.4. The molecule has 7 nitrogen and oxygen atoms in total. The molecule has 0 aromatic carbocycles. The van der Waals surface area contributed by atoms with E-state index in [9.17, 15) is 0 Å². The van der Waals surface area contributed by atoms with Crippen LogP contribution in [0.3, 0.4) is 0 Å². The number of hydrogen-bond donors (Lipinski definition) is 0. The Kier molecular flexibility index (Phi) is 4.28. The molecule has 4 heterocycles. The number of aryl methyl sites for hydroxylation is 2. The molecular weight excluding hydrogens is 335 g/mol. The Morgan fingerprint density at radius 3 is 2.85 bits per heavy atom. The van der Waals surface area contributed by atoms with E-state index in [2.05, 4.69) is 25.1 Å². The van der Waals surface area contributed by atoms with Crippen LogP contribution in [-0.2, 0) is 19.3 Å². The number of rotatable bonds is 4. The topological polar surface area (TPSA) is 72.9 Å². The van der Waals surface area contributed by atoms with Crippen molar-refractivity contribution in [3.63, 3.8) is 0 Å². The van der Waals surface area contributed by atoms with Gasteiger partial charge in [-0.15, -0.1) is 0 Å². The van der Waals surface area contributed by atoms with Crippen LogP contribution in [0.5, 0.6) is 0 Å². The van der Waals surface area contributed by atoms with Gasteiger partial charge in [0.15, 0.2) is 0 Å². The Morgan fingerprint density at radius 2 is 2.12 bits per heavy atom. The molecule has 1 aliphatic rings. The molecule has 1 saturated heterocycles. The summed E-state index contributed by atoms with van der Waals surface area (Å²) in [6, 6.07) is 3.55. The third-order valence-corrected chi connectivity index (χ3v) is 4.78. The van der Waals surface area contributed by atoms with Crippen molar-refractivity contribution in [1.29, 1.82) is 0 Å². The fourth-order valence-corrected chi connectivity index (χ4v) is 3.47. The van der Waals surface area contributed by atoms with Crippen LogP contribution in [0.2, 0.25) is 0 Å². The van der Waals surface area contributed by atoms with E-state index in [4.69, 9.17) is 4.52 Å². The van der Waals surface area contributed by atoms with Gasteiger partial charge >= 0.3 is 0 Å². The summed E-state index contributed by atoms with van der Waals surface area (Å²) in [5.74, 6) is 0.441. The molecule has 8 heteroatoms. The highest BCUT2D eigenvalue weighted by Crippen LogP contribution is 2.36. The Bertz CT molecular complexity index is 892. The van der Waals surface area contributed by atoms with Crippen molar-refractivity contribution in [3.8, 4) is 11.4 Å². The van der Waals surface area contributed by atoms with Crippen LogP contribution < -0.4 is 0 Å². The minimum absolute atomic E-state index is 0.0527. The van der Waals surface area contributed by atoms with Gasteiger partial charge in [-0.2, -0.15) is 10.1 Å². The molecule has 3 aromatic rings. The van der Waals surface area contributed by atoms with E-state index in [0.29, 0.717) is 18.8 Å². The molecule has 0 aliphatic carbocycles. The number of likely N-dealkylation sites (tertiary alicyclic amines) is 1. The van der Waals surface area contributed by atoms with Crippen LogP contribution in [0.25, 0.3) is 11.4 Å². The normalized spacial score (nSPS) is 21.2. The van der Waals surface area contributed by atoms with Crippen molar-refractivity contribution in [2.75, 3.05) is 13.1 Å². The monoisotopic (exact) mass is 356 g/mol. The molecule has 0 N–H and O–H groups in total. The molecule has 0 bridgehead atoms. The standard InChI is InChI=1S/C18H21FN6O/c1-13-15(10-24(2)22-13)11-25-9-3-6-18(19,12-25)17-21-16(23-26-17)14-4-7-20-8-5-14/h4-5,7-8,10H,3,6,9,11-12H2,1-2H3/t18-/m0/s1. The second-order valence-electron chi connectivity index (χ2n) is 6.85. The second-order valence-corrected chi connectivity index (χ2v) is 6.85.